The number of carbonyl (C=O) groups is 1. The van der Waals surface area contributed by atoms with Crippen LogP contribution in [0.4, 0.5) is 0 Å². The summed E-state index contributed by atoms with van der Waals surface area (Å²) in [5, 5.41) is 8.57. The van der Waals surface area contributed by atoms with E-state index in [1.807, 2.05) is 6.07 Å². The van der Waals surface area contributed by atoms with E-state index < -0.39 is 5.97 Å². The van der Waals surface area contributed by atoms with Gasteiger partial charge in [0.2, 0.25) is 0 Å². The van der Waals surface area contributed by atoms with Crippen molar-refractivity contribution >= 4 is 5.97 Å². The van der Waals surface area contributed by atoms with Crippen molar-refractivity contribution in [2.24, 2.45) is 0 Å². The number of esters is 1. The van der Waals surface area contributed by atoms with Gasteiger partial charge in [0.15, 0.2) is 5.75 Å². The van der Waals surface area contributed by atoms with Crippen LogP contribution in [0.5, 0.6) is 5.75 Å². The van der Waals surface area contributed by atoms with Gasteiger partial charge in [-0.1, -0.05) is 0 Å². The quantitative estimate of drug-likeness (QED) is 0.646. The summed E-state index contributed by atoms with van der Waals surface area (Å²) in [5.74, 6) is -0.267. The van der Waals surface area contributed by atoms with Gasteiger partial charge in [0.05, 0.1) is 20.4 Å². The van der Waals surface area contributed by atoms with E-state index in [2.05, 4.69) is 9.72 Å². The Morgan fingerprint density at radius 1 is 1.57 bits per heavy atom. The fourth-order valence-electron chi connectivity index (χ4n) is 0.936. The van der Waals surface area contributed by atoms with Crippen molar-refractivity contribution in [2.75, 3.05) is 14.2 Å². The molecule has 1 aromatic rings. The second-order valence-corrected chi connectivity index (χ2v) is 2.37. The van der Waals surface area contributed by atoms with Crippen LogP contribution in [0.1, 0.15) is 16.1 Å². The summed E-state index contributed by atoms with van der Waals surface area (Å²) in [4.78, 5) is 15.0. The molecule has 0 spiro atoms. The predicted octanol–water partition coefficient (Wildman–Crippen LogP) is 0.748. The highest BCUT2D eigenvalue weighted by atomic mass is 16.5. The summed E-state index contributed by atoms with van der Waals surface area (Å²) >= 11 is 0. The lowest BCUT2D eigenvalue weighted by Crippen LogP contribution is -2.05. The molecule has 0 radical (unpaired) electrons. The third-order valence-corrected chi connectivity index (χ3v) is 1.61. The van der Waals surface area contributed by atoms with Crippen molar-refractivity contribution in [2.45, 2.75) is 0 Å². The van der Waals surface area contributed by atoms with Gasteiger partial charge >= 0.3 is 5.97 Å². The largest absolute Gasteiger partial charge is 0.494 e. The fraction of sp³-hybridized carbons (Fsp3) is 0.222. The van der Waals surface area contributed by atoms with Gasteiger partial charge in [-0.05, 0) is 6.07 Å². The molecule has 0 aliphatic heterocycles. The first kappa shape index (κ1) is 9.99. The van der Waals surface area contributed by atoms with Crippen LogP contribution >= 0.6 is 0 Å². The van der Waals surface area contributed by atoms with E-state index in [0.29, 0.717) is 0 Å². The van der Waals surface area contributed by atoms with Gasteiger partial charge in [-0.3, -0.25) is 0 Å². The lowest BCUT2D eigenvalue weighted by atomic mass is 10.2. The number of aromatic nitrogens is 1. The molecule has 5 nitrogen and oxygen atoms in total. The molecule has 0 atom stereocenters. The average Bonchev–Trinajstić information content (AvgIpc) is 2.27. The number of nitrogens with zero attached hydrogens (tertiary/aromatic N) is 2. The van der Waals surface area contributed by atoms with Gasteiger partial charge in [-0.15, -0.1) is 0 Å². The zero-order valence-corrected chi connectivity index (χ0v) is 7.77. The summed E-state index contributed by atoms with van der Waals surface area (Å²) in [5.41, 5.74) is 0.341. The first-order chi connectivity index (χ1) is 6.72. The maximum Gasteiger partial charge on any atom is 0.341 e. The Hall–Kier alpha value is -2.09. The molecule has 5 heteroatoms. The average molecular weight is 192 g/mol. The number of methoxy groups -OCH3 is 2. The van der Waals surface area contributed by atoms with Crippen LogP contribution in [-0.2, 0) is 4.74 Å². The van der Waals surface area contributed by atoms with E-state index >= 15 is 0 Å². The zero-order chi connectivity index (χ0) is 10.6. The van der Waals surface area contributed by atoms with E-state index in [-0.39, 0.29) is 17.0 Å². The van der Waals surface area contributed by atoms with E-state index in [0.717, 1.165) is 0 Å². The van der Waals surface area contributed by atoms with Crippen LogP contribution in [-0.4, -0.2) is 25.2 Å². The Bertz CT molecular complexity index is 396. The summed E-state index contributed by atoms with van der Waals surface area (Å²) < 4.78 is 9.42. The van der Waals surface area contributed by atoms with E-state index in [4.69, 9.17) is 10.00 Å². The first-order valence-electron chi connectivity index (χ1n) is 3.75. The molecule has 0 saturated heterocycles. The van der Waals surface area contributed by atoms with Crippen molar-refractivity contribution in [1.29, 1.82) is 5.26 Å². The second kappa shape index (κ2) is 4.23. The third kappa shape index (κ3) is 1.80. The molecule has 0 aromatic carbocycles. The highest BCUT2D eigenvalue weighted by Crippen LogP contribution is 2.18. The first-order valence-corrected chi connectivity index (χ1v) is 3.75. The standard InChI is InChI=1S/C9H8N2O3/c1-13-8-5-11-6(4-10)3-7(8)9(12)14-2/h3,5H,1-2H3. The minimum Gasteiger partial charge on any atom is -0.494 e. The molecule has 1 heterocycles. The van der Waals surface area contributed by atoms with Crippen molar-refractivity contribution in [1.82, 2.24) is 4.98 Å². The lowest BCUT2D eigenvalue weighted by molar-refractivity contribution is 0.0597. The number of carbonyl (C=O) groups excluding carboxylic acids is 1. The number of pyridine rings is 1. The monoisotopic (exact) mass is 192 g/mol. The van der Waals surface area contributed by atoms with Crippen LogP contribution < -0.4 is 4.74 Å². The third-order valence-electron chi connectivity index (χ3n) is 1.61. The lowest BCUT2D eigenvalue weighted by Gasteiger charge is -2.05. The smallest absolute Gasteiger partial charge is 0.341 e. The van der Waals surface area contributed by atoms with Crippen LogP contribution in [0.3, 0.4) is 0 Å². The highest BCUT2D eigenvalue weighted by molar-refractivity contribution is 5.92. The Balaban J connectivity index is 3.23. The van der Waals surface area contributed by atoms with Gasteiger partial charge in [0.1, 0.15) is 17.3 Å². The van der Waals surface area contributed by atoms with Crippen molar-refractivity contribution < 1.29 is 14.3 Å². The van der Waals surface area contributed by atoms with Crippen LogP contribution in [0.15, 0.2) is 12.3 Å². The number of hydrogen-bond acceptors (Lipinski definition) is 5. The summed E-state index contributed by atoms with van der Waals surface area (Å²) in [6, 6.07) is 3.15. The van der Waals surface area contributed by atoms with Crippen molar-refractivity contribution in [3.8, 4) is 11.8 Å². The molecular formula is C9H8N2O3. The number of hydrogen-bond donors (Lipinski definition) is 0. The molecule has 0 fully saturated rings. The Morgan fingerprint density at radius 3 is 2.79 bits per heavy atom. The molecule has 0 N–H and O–H groups in total. The van der Waals surface area contributed by atoms with E-state index in [1.54, 1.807) is 0 Å². The number of ether oxygens (including phenoxy) is 2. The zero-order valence-electron chi connectivity index (χ0n) is 7.77. The van der Waals surface area contributed by atoms with Crippen molar-refractivity contribution in [3.63, 3.8) is 0 Å². The van der Waals surface area contributed by atoms with Gasteiger partial charge in [-0.25, -0.2) is 9.78 Å². The van der Waals surface area contributed by atoms with Gasteiger partial charge < -0.3 is 9.47 Å². The SMILES string of the molecule is COC(=O)c1cc(C#N)ncc1OC. The Kier molecular flexibility index (Phi) is 3.02. The summed E-state index contributed by atoms with van der Waals surface area (Å²) in [7, 11) is 2.67. The number of rotatable bonds is 2. The molecule has 1 aromatic heterocycles. The van der Waals surface area contributed by atoms with E-state index in [9.17, 15) is 4.79 Å². The van der Waals surface area contributed by atoms with Crippen LogP contribution in [0.2, 0.25) is 0 Å². The van der Waals surface area contributed by atoms with Gasteiger partial charge in [-0.2, -0.15) is 5.26 Å². The maximum atomic E-state index is 11.2. The minimum atomic E-state index is -0.555. The molecule has 0 saturated carbocycles. The molecule has 0 bridgehead atoms. The predicted molar refractivity (Wildman–Crippen MR) is 46.8 cm³/mol. The molecule has 0 aliphatic rings. The molecule has 72 valence electrons. The number of nitriles is 1. The molecule has 0 amide bonds. The summed E-state index contributed by atoms with van der Waals surface area (Å²) in [6.07, 6.45) is 1.31. The fourth-order valence-corrected chi connectivity index (χ4v) is 0.936. The van der Waals surface area contributed by atoms with Gasteiger partial charge in [0, 0.05) is 0 Å². The maximum absolute atomic E-state index is 11.2. The summed E-state index contributed by atoms with van der Waals surface area (Å²) in [6.45, 7) is 0. The highest BCUT2D eigenvalue weighted by Gasteiger charge is 2.13. The van der Waals surface area contributed by atoms with E-state index in [1.165, 1.54) is 26.5 Å². The Morgan fingerprint density at radius 2 is 2.29 bits per heavy atom. The molecule has 0 unspecified atom stereocenters. The minimum absolute atomic E-state index is 0.145. The Labute approximate surface area is 80.9 Å². The topological polar surface area (TPSA) is 72.2 Å². The molecular weight excluding hydrogens is 184 g/mol. The van der Waals surface area contributed by atoms with Crippen LogP contribution in [0.25, 0.3) is 0 Å². The second-order valence-electron chi connectivity index (χ2n) is 2.37. The van der Waals surface area contributed by atoms with Crippen molar-refractivity contribution in [3.05, 3.63) is 23.5 Å². The molecule has 0 aliphatic carbocycles. The molecule has 14 heavy (non-hydrogen) atoms. The molecule has 1 rings (SSSR count). The van der Waals surface area contributed by atoms with Gasteiger partial charge in [0.25, 0.3) is 0 Å². The normalized spacial score (nSPS) is 8.93. The van der Waals surface area contributed by atoms with Crippen LogP contribution in [0, 0.1) is 11.3 Å².